The van der Waals surface area contributed by atoms with Crippen LogP contribution in [-0.2, 0) is 15.0 Å². The molecule has 11 heteroatoms. The third kappa shape index (κ3) is 4.33. The molecule has 0 radical (unpaired) electrons. The van der Waals surface area contributed by atoms with Crippen LogP contribution in [0.3, 0.4) is 0 Å². The molecule has 154 valence electrons. The number of carbonyl (C=O) groups excluding carboxylic acids is 1. The lowest BCUT2D eigenvalue weighted by atomic mass is 10.1. The van der Waals surface area contributed by atoms with Gasteiger partial charge in [-0.25, -0.2) is 13.4 Å². The van der Waals surface area contributed by atoms with E-state index >= 15 is 4.39 Å². The smallest absolute Gasteiger partial charge is 0.326 e. The SMILES string of the molecule is CN(CCC#N)CCOc1ccc2cc(O)c(N3CC(=O)NS3(=O)=O)c(F)c2c1. The molecule has 1 aliphatic heterocycles. The number of phenols is 1. The Morgan fingerprint density at radius 1 is 1.38 bits per heavy atom. The average molecular weight is 422 g/mol. The van der Waals surface area contributed by atoms with Crippen LogP contribution >= 0.6 is 0 Å². The van der Waals surface area contributed by atoms with Gasteiger partial charge in [-0.3, -0.25) is 4.79 Å². The molecule has 1 saturated heterocycles. The summed E-state index contributed by atoms with van der Waals surface area (Å²) in [7, 11) is -2.42. The number of rotatable bonds is 7. The summed E-state index contributed by atoms with van der Waals surface area (Å²) in [4.78, 5) is 13.4. The molecule has 29 heavy (non-hydrogen) atoms. The Morgan fingerprint density at radius 3 is 2.79 bits per heavy atom. The minimum absolute atomic E-state index is 0.0442. The second-order valence-electron chi connectivity index (χ2n) is 6.54. The number of nitriles is 1. The van der Waals surface area contributed by atoms with Gasteiger partial charge in [-0.1, -0.05) is 6.07 Å². The predicted molar refractivity (Wildman–Crippen MR) is 103 cm³/mol. The van der Waals surface area contributed by atoms with Gasteiger partial charge in [-0.15, -0.1) is 0 Å². The van der Waals surface area contributed by atoms with Crippen molar-refractivity contribution in [2.75, 3.05) is 37.6 Å². The van der Waals surface area contributed by atoms with Crippen molar-refractivity contribution in [2.24, 2.45) is 0 Å². The van der Waals surface area contributed by atoms with E-state index in [1.54, 1.807) is 16.9 Å². The van der Waals surface area contributed by atoms with E-state index in [0.717, 1.165) is 0 Å². The molecule has 2 aromatic carbocycles. The molecule has 0 atom stereocenters. The molecule has 0 bridgehead atoms. The van der Waals surface area contributed by atoms with Crippen LogP contribution in [0.1, 0.15) is 6.42 Å². The van der Waals surface area contributed by atoms with Crippen LogP contribution in [0.5, 0.6) is 11.5 Å². The first kappa shape index (κ1) is 20.6. The summed E-state index contributed by atoms with van der Waals surface area (Å²) >= 11 is 0. The van der Waals surface area contributed by atoms with Gasteiger partial charge in [-0.05, 0) is 30.6 Å². The van der Waals surface area contributed by atoms with Crippen molar-refractivity contribution in [1.29, 1.82) is 5.26 Å². The van der Waals surface area contributed by atoms with Gasteiger partial charge < -0.3 is 14.7 Å². The third-order valence-corrected chi connectivity index (χ3v) is 5.80. The number of anilines is 1. The van der Waals surface area contributed by atoms with E-state index < -0.39 is 39.9 Å². The number of carbonyl (C=O) groups is 1. The summed E-state index contributed by atoms with van der Waals surface area (Å²) < 4.78 is 47.0. The number of benzene rings is 2. The molecule has 1 heterocycles. The van der Waals surface area contributed by atoms with Gasteiger partial charge in [0.25, 0.3) is 5.91 Å². The van der Waals surface area contributed by atoms with Crippen molar-refractivity contribution in [3.8, 4) is 17.6 Å². The molecule has 0 spiro atoms. The predicted octanol–water partition coefficient (Wildman–Crippen LogP) is 1.09. The summed E-state index contributed by atoms with van der Waals surface area (Å²) in [6.07, 6.45) is 0.403. The normalized spacial score (nSPS) is 15.5. The van der Waals surface area contributed by atoms with E-state index in [9.17, 15) is 18.3 Å². The average Bonchev–Trinajstić information content (AvgIpc) is 2.92. The largest absolute Gasteiger partial charge is 0.506 e. The second kappa shape index (κ2) is 8.10. The Labute approximate surface area is 167 Å². The number of hydrogen-bond acceptors (Lipinski definition) is 7. The van der Waals surface area contributed by atoms with Crippen molar-refractivity contribution < 1.29 is 27.4 Å². The lowest BCUT2D eigenvalue weighted by Crippen LogP contribution is -2.30. The van der Waals surface area contributed by atoms with Crippen molar-refractivity contribution in [3.05, 3.63) is 30.1 Å². The van der Waals surface area contributed by atoms with E-state index in [-0.39, 0.29) is 5.39 Å². The van der Waals surface area contributed by atoms with Crippen molar-refractivity contribution >= 4 is 32.6 Å². The summed E-state index contributed by atoms with van der Waals surface area (Å²) in [5.74, 6) is -2.03. The highest BCUT2D eigenvalue weighted by molar-refractivity contribution is 7.92. The Balaban J connectivity index is 1.87. The van der Waals surface area contributed by atoms with Gasteiger partial charge >= 0.3 is 10.2 Å². The number of ether oxygens (including phenoxy) is 1. The number of phenolic OH excluding ortho intramolecular Hbond substituents is 1. The number of nitrogens with zero attached hydrogens (tertiary/aromatic N) is 3. The summed E-state index contributed by atoms with van der Waals surface area (Å²) in [5.41, 5.74) is -0.593. The minimum atomic E-state index is -4.27. The molecule has 0 unspecified atom stereocenters. The molecule has 0 aliphatic carbocycles. The number of halogens is 1. The second-order valence-corrected chi connectivity index (χ2v) is 8.13. The van der Waals surface area contributed by atoms with E-state index in [2.05, 4.69) is 6.07 Å². The Bertz CT molecular complexity index is 1100. The Morgan fingerprint density at radius 2 is 2.14 bits per heavy atom. The monoisotopic (exact) mass is 422 g/mol. The van der Waals surface area contributed by atoms with Gasteiger partial charge in [0.1, 0.15) is 30.3 Å². The van der Waals surface area contributed by atoms with Crippen LogP contribution in [0, 0.1) is 17.1 Å². The fourth-order valence-electron chi connectivity index (χ4n) is 2.95. The number of fused-ring (bicyclic) bond motifs is 1. The van der Waals surface area contributed by atoms with Crippen LogP contribution in [0.2, 0.25) is 0 Å². The Hall–Kier alpha value is -3.10. The maximum Gasteiger partial charge on any atom is 0.326 e. The van der Waals surface area contributed by atoms with Crippen LogP contribution in [0.25, 0.3) is 10.8 Å². The highest BCUT2D eigenvalue weighted by atomic mass is 32.2. The first-order valence-electron chi connectivity index (χ1n) is 8.70. The number of aromatic hydroxyl groups is 1. The van der Waals surface area contributed by atoms with E-state index in [1.165, 1.54) is 12.1 Å². The molecule has 2 aromatic rings. The zero-order valence-corrected chi connectivity index (χ0v) is 16.4. The number of amides is 1. The van der Waals surface area contributed by atoms with E-state index in [0.29, 0.717) is 41.6 Å². The molecular weight excluding hydrogens is 403 g/mol. The standard InChI is InChI=1S/C18H19FN4O5S/c1-22(6-2-5-20)7-8-28-13-4-3-12-9-15(24)18(17(19)14(12)10-13)23-11-16(25)21-29(23,26)27/h3-4,9-10,24H,2,6-8,11H2,1H3,(H,21,25). The fourth-order valence-corrected chi connectivity index (χ4v) is 4.12. The zero-order chi connectivity index (χ0) is 21.2. The molecule has 1 aliphatic rings. The van der Waals surface area contributed by atoms with Crippen LogP contribution in [0.15, 0.2) is 24.3 Å². The molecular formula is C18H19FN4O5S. The first-order valence-corrected chi connectivity index (χ1v) is 10.1. The van der Waals surface area contributed by atoms with E-state index in [1.807, 2.05) is 11.9 Å². The minimum Gasteiger partial charge on any atom is -0.506 e. The number of hydrogen-bond donors (Lipinski definition) is 2. The molecule has 0 aromatic heterocycles. The molecule has 9 nitrogen and oxygen atoms in total. The topological polar surface area (TPSA) is 123 Å². The van der Waals surface area contributed by atoms with Crippen LogP contribution < -0.4 is 13.8 Å². The molecule has 2 N–H and O–H groups in total. The Kier molecular flexibility index (Phi) is 5.76. The summed E-state index contributed by atoms with van der Waals surface area (Å²) in [5, 5.41) is 19.1. The maximum atomic E-state index is 15.1. The zero-order valence-electron chi connectivity index (χ0n) is 15.6. The molecule has 1 amide bonds. The van der Waals surface area contributed by atoms with Crippen LogP contribution in [-0.4, -0.2) is 57.6 Å². The third-order valence-electron chi connectivity index (χ3n) is 4.42. The lowest BCUT2D eigenvalue weighted by molar-refractivity contribution is -0.117. The number of likely N-dealkylation sites (N-methyl/N-ethyl adjacent to an activating group) is 1. The van der Waals surface area contributed by atoms with Gasteiger partial charge in [0.2, 0.25) is 0 Å². The molecule has 3 rings (SSSR count). The first-order chi connectivity index (χ1) is 13.7. The van der Waals surface area contributed by atoms with E-state index in [4.69, 9.17) is 10.00 Å². The maximum absolute atomic E-state index is 15.1. The number of nitrogens with one attached hydrogen (secondary N) is 1. The quantitative estimate of drug-likeness (QED) is 0.685. The van der Waals surface area contributed by atoms with Crippen LogP contribution in [0.4, 0.5) is 10.1 Å². The molecule has 1 fully saturated rings. The molecule has 0 saturated carbocycles. The van der Waals surface area contributed by atoms with Gasteiger partial charge in [0.15, 0.2) is 5.82 Å². The summed E-state index contributed by atoms with van der Waals surface area (Å²) in [6, 6.07) is 7.83. The van der Waals surface area contributed by atoms with Gasteiger partial charge in [-0.2, -0.15) is 13.7 Å². The lowest BCUT2D eigenvalue weighted by Gasteiger charge is -2.19. The van der Waals surface area contributed by atoms with Crippen molar-refractivity contribution in [2.45, 2.75) is 6.42 Å². The van der Waals surface area contributed by atoms with Crippen molar-refractivity contribution in [1.82, 2.24) is 9.62 Å². The van der Waals surface area contributed by atoms with Crippen molar-refractivity contribution in [3.63, 3.8) is 0 Å². The van der Waals surface area contributed by atoms with Gasteiger partial charge in [0.05, 0.1) is 6.07 Å². The highest BCUT2D eigenvalue weighted by Crippen LogP contribution is 2.39. The highest BCUT2D eigenvalue weighted by Gasteiger charge is 2.37. The summed E-state index contributed by atoms with van der Waals surface area (Å²) in [6.45, 7) is 0.844. The van der Waals surface area contributed by atoms with Gasteiger partial charge in [0, 0.05) is 24.9 Å². The fraction of sp³-hybridized carbons (Fsp3) is 0.333.